The van der Waals surface area contributed by atoms with Gasteiger partial charge in [0.15, 0.2) is 0 Å². The highest BCUT2D eigenvalue weighted by Crippen LogP contribution is 2.25. The van der Waals surface area contributed by atoms with Crippen molar-refractivity contribution in [2.45, 2.75) is 38.0 Å². The van der Waals surface area contributed by atoms with E-state index in [1.54, 1.807) is 26.0 Å². The molecule has 0 spiro atoms. The minimum atomic E-state index is -3.53. The van der Waals surface area contributed by atoms with Gasteiger partial charge in [-0.05, 0) is 56.4 Å². The lowest BCUT2D eigenvalue weighted by Gasteiger charge is -2.16. The second-order valence-electron chi connectivity index (χ2n) is 5.60. The monoisotopic (exact) mass is 278 g/mol. The molecule has 0 atom stereocenters. The Bertz CT molecular complexity index is 627. The Balaban J connectivity index is 2.19. The molecule has 1 aromatic rings. The first-order valence-corrected chi connectivity index (χ1v) is 7.85. The predicted octanol–water partition coefficient (Wildman–Crippen LogP) is 2.00. The zero-order valence-corrected chi connectivity index (χ0v) is 12.0. The predicted molar refractivity (Wildman–Crippen MR) is 73.0 cm³/mol. The van der Waals surface area contributed by atoms with Crippen LogP contribution in [0.3, 0.4) is 0 Å². The lowest BCUT2D eigenvalue weighted by molar-refractivity contribution is 0.479. The second kappa shape index (κ2) is 4.95. The first-order valence-electron chi connectivity index (χ1n) is 6.37. The van der Waals surface area contributed by atoms with Gasteiger partial charge in [0.05, 0.1) is 16.4 Å². The SMILES string of the molecule is CC(C)(C#N)CNS(=O)(=O)c1ccc2c(c1)CCC2. The van der Waals surface area contributed by atoms with Gasteiger partial charge in [-0.1, -0.05) is 6.07 Å². The van der Waals surface area contributed by atoms with Crippen molar-refractivity contribution in [1.82, 2.24) is 4.72 Å². The van der Waals surface area contributed by atoms with Gasteiger partial charge in [0, 0.05) is 6.54 Å². The molecular weight excluding hydrogens is 260 g/mol. The summed E-state index contributed by atoms with van der Waals surface area (Å²) in [5.74, 6) is 0. The third-order valence-electron chi connectivity index (χ3n) is 3.39. The zero-order valence-electron chi connectivity index (χ0n) is 11.2. The van der Waals surface area contributed by atoms with Crippen LogP contribution in [0.5, 0.6) is 0 Å². The molecule has 0 saturated carbocycles. The van der Waals surface area contributed by atoms with Crippen LogP contribution in [0.2, 0.25) is 0 Å². The normalized spacial score (nSPS) is 15.0. The van der Waals surface area contributed by atoms with Crippen molar-refractivity contribution in [3.05, 3.63) is 29.3 Å². The van der Waals surface area contributed by atoms with Crippen LogP contribution < -0.4 is 4.72 Å². The van der Waals surface area contributed by atoms with E-state index in [9.17, 15) is 8.42 Å². The van der Waals surface area contributed by atoms with Crippen molar-refractivity contribution in [2.75, 3.05) is 6.54 Å². The summed E-state index contributed by atoms with van der Waals surface area (Å²) in [6.07, 6.45) is 3.07. The minimum Gasteiger partial charge on any atom is -0.210 e. The summed E-state index contributed by atoms with van der Waals surface area (Å²) in [5.41, 5.74) is 1.67. The summed E-state index contributed by atoms with van der Waals surface area (Å²) in [6, 6.07) is 7.37. The molecule has 0 bridgehead atoms. The fraction of sp³-hybridized carbons (Fsp3) is 0.500. The average molecular weight is 278 g/mol. The summed E-state index contributed by atoms with van der Waals surface area (Å²) < 4.78 is 26.9. The number of benzene rings is 1. The van der Waals surface area contributed by atoms with E-state index in [1.165, 1.54) is 5.56 Å². The number of nitrogens with zero attached hydrogens (tertiary/aromatic N) is 1. The maximum atomic E-state index is 12.2. The van der Waals surface area contributed by atoms with Crippen LogP contribution in [0.1, 0.15) is 31.4 Å². The maximum absolute atomic E-state index is 12.2. The maximum Gasteiger partial charge on any atom is 0.240 e. The van der Waals surface area contributed by atoms with Crippen molar-refractivity contribution < 1.29 is 8.42 Å². The lowest BCUT2D eigenvalue weighted by atomic mass is 9.97. The molecule has 0 unspecified atom stereocenters. The molecule has 0 aromatic heterocycles. The Morgan fingerprint density at radius 1 is 1.32 bits per heavy atom. The molecule has 1 N–H and O–H groups in total. The molecule has 0 aliphatic heterocycles. The van der Waals surface area contributed by atoms with Gasteiger partial charge in [0.25, 0.3) is 0 Å². The molecular formula is C14H18N2O2S. The van der Waals surface area contributed by atoms with Gasteiger partial charge in [-0.25, -0.2) is 13.1 Å². The molecule has 0 radical (unpaired) electrons. The molecule has 19 heavy (non-hydrogen) atoms. The molecule has 5 heteroatoms. The smallest absolute Gasteiger partial charge is 0.210 e. The number of hydrogen-bond acceptors (Lipinski definition) is 3. The number of nitrogens with one attached hydrogen (secondary N) is 1. The van der Waals surface area contributed by atoms with Crippen molar-refractivity contribution in [1.29, 1.82) is 5.26 Å². The summed E-state index contributed by atoms with van der Waals surface area (Å²) >= 11 is 0. The third kappa shape index (κ3) is 3.14. The summed E-state index contributed by atoms with van der Waals surface area (Å²) in [6.45, 7) is 3.53. The van der Waals surface area contributed by atoms with Gasteiger partial charge in [-0.2, -0.15) is 5.26 Å². The van der Waals surface area contributed by atoms with Crippen LogP contribution in [-0.2, 0) is 22.9 Å². The van der Waals surface area contributed by atoms with E-state index in [-0.39, 0.29) is 6.54 Å². The van der Waals surface area contributed by atoms with E-state index in [0.29, 0.717) is 4.90 Å². The van der Waals surface area contributed by atoms with Gasteiger partial charge in [0.1, 0.15) is 0 Å². The van der Waals surface area contributed by atoms with Crippen molar-refractivity contribution in [3.8, 4) is 6.07 Å². The van der Waals surface area contributed by atoms with E-state index in [4.69, 9.17) is 5.26 Å². The van der Waals surface area contributed by atoms with Gasteiger partial charge in [-0.3, -0.25) is 0 Å². The van der Waals surface area contributed by atoms with Crippen LogP contribution in [0, 0.1) is 16.7 Å². The molecule has 0 fully saturated rings. The molecule has 1 aliphatic carbocycles. The summed E-state index contributed by atoms with van der Waals surface area (Å²) in [7, 11) is -3.53. The fourth-order valence-corrected chi connectivity index (χ4v) is 3.38. The zero-order chi connectivity index (χ0) is 14.1. The second-order valence-corrected chi connectivity index (χ2v) is 7.37. The number of fused-ring (bicyclic) bond motifs is 1. The highest BCUT2D eigenvalue weighted by Gasteiger charge is 2.23. The van der Waals surface area contributed by atoms with Gasteiger partial charge < -0.3 is 0 Å². The van der Waals surface area contributed by atoms with Crippen LogP contribution in [0.15, 0.2) is 23.1 Å². The van der Waals surface area contributed by atoms with Gasteiger partial charge in [0.2, 0.25) is 10.0 Å². The Hall–Kier alpha value is -1.38. The minimum absolute atomic E-state index is 0.114. The first-order chi connectivity index (χ1) is 8.84. The van der Waals surface area contributed by atoms with E-state index in [1.807, 2.05) is 6.07 Å². The average Bonchev–Trinajstić information content (AvgIpc) is 2.84. The number of hydrogen-bond donors (Lipinski definition) is 1. The summed E-state index contributed by atoms with van der Waals surface area (Å²) in [4.78, 5) is 0.293. The number of nitriles is 1. The molecule has 1 aromatic carbocycles. The standard InChI is InChI=1S/C14H18N2O2S/c1-14(2,9-15)10-16-19(17,18)13-7-6-11-4-3-5-12(11)8-13/h6-8,16H,3-5,10H2,1-2H3. The molecule has 0 amide bonds. The Kier molecular flexibility index (Phi) is 3.66. The van der Waals surface area contributed by atoms with Gasteiger partial charge >= 0.3 is 0 Å². The van der Waals surface area contributed by atoms with Crippen molar-refractivity contribution in [3.63, 3.8) is 0 Å². The molecule has 1 aliphatic rings. The van der Waals surface area contributed by atoms with E-state index < -0.39 is 15.4 Å². The highest BCUT2D eigenvalue weighted by molar-refractivity contribution is 7.89. The lowest BCUT2D eigenvalue weighted by Crippen LogP contribution is -2.33. The third-order valence-corrected chi connectivity index (χ3v) is 4.79. The fourth-order valence-electron chi connectivity index (χ4n) is 2.11. The quantitative estimate of drug-likeness (QED) is 0.915. The molecule has 102 valence electrons. The first kappa shape index (κ1) is 14.0. The van der Waals surface area contributed by atoms with E-state index in [2.05, 4.69) is 10.8 Å². The van der Waals surface area contributed by atoms with Crippen LogP contribution in [0.25, 0.3) is 0 Å². The topological polar surface area (TPSA) is 70.0 Å². The summed E-state index contributed by atoms with van der Waals surface area (Å²) in [5, 5.41) is 8.90. The number of sulfonamides is 1. The Morgan fingerprint density at radius 3 is 2.68 bits per heavy atom. The Morgan fingerprint density at radius 2 is 2.00 bits per heavy atom. The van der Waals surface area contributed by atoms with Crippen molar-refractivity contribution >= 4 is 10.0 Å². The molecule has 0 heterocycles. The molecule has 4 nitrogen and oxygen atoms in total. The molecule has 0 saturated heterocycles. The Labute approximate surface area is 114 Å². The number of rotatable bonds is 4. The van der Waals surface area contributed by atoms with Crippen LogP contribution >= 0.6 is 0 Å². The largest absolute Gasteiger partial charge is 0.240 e. The van der Waals surface area contributed by atoms with E-state index in [0.717, 1.165) is 24.8 Å². The van der Waals surface area contributed by atoms with Crippen molar-refractivity contribution in [2.24, 2.45) is 5.41 Å². The van der Waals surface area contributed by atoms with E-state index >= 15 is 0 Å². The van der Waals surface area contributed by atoms with Crippen LogP contribution in [-0.4, -0.2) is 15.0 Å². The molecule has 2 rings (SSSR count). The number of aryl methyl sites for hydroxylation is 2. The van der Waals surface area contributed by atoms with Gasteiger partial charge in [-0.15, -0.1) is 0 Å². The highest BCUT2D eigenvalue weighted by atomic mass is 32.2. The van der Waals surface area contributed by atoms with Crippen LogP contribution in [0.4, 0.5) is 0 Å².